The Hall–Kier alpha value is -4.04. The number of amides is 1. The molecule has 2 saturated heterocycles. The van der Waals surface area contributed by atoms with Crippen molar-refractivity contribution < 1.29 is 50.5 Å². The molecule has 6 rings (SSSR count). The van der Waals surface area contributed by atoms with Crippen molar-refractivity contribution in [1.29, 1.82) is 0 Å². The number of hydrogen-bond acceptors (Lipinski definition) is 8. The van der Waals surface area contributed by atoms with Gasteiger partial charge >= 0.3 is 24.4 Å². The lowest BCUT2D eigenvalue weighted by molar-refractivity contribution is -0.163. The summed E-state index contributed by atoms with van der Waals surface area (Å²) in [7, 11) is 1.35. The Morgan fingerprint density at radius 2 is 1.86 bits per heavy atom. The van der Waals surface area contributed by atoms with Gasteiger partial charge in [-0.15, -0.1) is 0 Å². The van der Waals surface area contributed by atoms with Gasteiger partial charge in [-0.2, -0.15) is 26.3 Å². The highest BCUT2D eigenvalue weighted by Gasteiger charge is 2.50. The molecule has 3 heterocycles. The largest absolute Gasteiger partial charge is 0.508 e. The molecule has 3 fully saturated rings. The van der Waals surface area contributed by atoms with Crippen LogP contribution >= 0.6 is 0 Å². The van der Waals surface area contributed by atoms with Crippen molar-refractivity contribution in [3.05, 3.63) is 58.2 Å². The molecule has 1 aromatic rings. The highest BCUT2D eigenvalue weighted by atomic mass is 19.4. The number of rotatable bonds is 7. The number of aryl methyl sites for hydroxylation is 1. The minimum atomic E-state index is -5.03. The highest BCUT2D eigenvalue weighted by Crippen LogP contribution is 2.53. The van der Waals surface area contributed by atoms with E-state index in [0.29, 0.717) is 66.9 Å². The van der Waals surface area contributed by atoms with Gasteiger partial charge in [-0.25, -0.2) is 14.8 Å². The maximum atomic E-state index is 13.7. The molecule has 1 saturated carbocycles. The summed E-state index contributed by atoms with van der Waals surface area (Å²) in [5, 5.41) is 11.2. The highest BCUT2D eigenvalue weighted by molar-refractivity contribution is 5.77. The summed E-state index contributed by atoms with van der Waals surface area (Å²) in [6, 6.07) is -0.944. The van der Waals surface area contributed by atoms with Gasteiger partial charge in [-0.3, -0.25) is 9.69 Å². The molecular weight excluding hydrogens is 658 g/mol. The van der Waals surface area contributed by atoms with Crippen LogP contribution in [0.15, 0.2) is 41.2 Å². The Morgan fingerprint density at radius 1 is 1.16 bits per heavy atom. The van der Waals surface area contributed by atoms with Crippen molar-refractivity contribution in [3.63, 3.8) is 0 Å². The number of esters is 1. The zero-order valence-electron chi connectivity index (χ0n) is 27.5. The molecule has 9 nitrogen and oxygen atoms in total. The third-order valence-corrected chi connectivity index (χ3v) is 10.7. The Labute approximate surface area is 279 Å². The SMILES string of the molecule is COC(=O)C1CC(C2(C)C=CC(O)=C(c3c(C)nc(N4CCC4)nc3CN3C(=O)O[C@H](C4=CC(C(F)(F)F)=CC(C(F)(F)F)C4)[C@@H]3C)C2)C1. The number of aliphatic hydroxyl groups excluding tert-OH is 1. The summed E-state index contributed by atoms with van der Waals surface area (Å²) in [6.07, 6.45) is -6.12. The van der Waals surface area contributed by atoms with E-state index in [4.69, 9.17) is 19.4 Å². The van der Waals surface area contributed by atoms with Crippen molar-refractivity contribution >= 4 is 23.6 Å². The Bertz CT molecular complexity index is 1660. The minimum absolute atomic E-state index is 0.0158. The number of halogens is 6. The predicted molar refractivity (Wildman–Crippen MR) is 165 cm³/mol. The molecule has 1 amide bonds. The summed E-state index contributed by atoms with van der Waals surface area (Å²) >= 11 is 0. The number of carbonyl (C=O) groups excluding carboxylic acids is 2. The fourth-order valence-electron chi connectivity index (χ4n) is 7.47. The van der Waals surface area contributed by atoms with Crippen LogP contribution in [0.1, 0.15) is 62.9 Å². The number of aliphatic hydroxyl groups is 1. The summed E-state index contributed by atoms with van der Waals surface area (Å²) in [6.45, 7) is 6.55. The van der Waals surface area contributed by atoms with Gasteiger partial charge in [-0.05, 0) is 75.0 Å². The third-order valence-electron chi connectivity index (χ3n) is 10.7. The van der Waals surface area contributed by atoms with Crippen LogP contribution in [0.2, 0.25) is 0 Å². The lowest BCUT2D eigenvalue weighted by Crippen LogP contribution is -2.41. The van der Waals surface area contributed by atoms with Crippen molar-refractivity contribution in [3.8, 4) is 0 Å². The summed E-state index contributed by atoms with van der Waals surface area (Å²) in [5.74, 6) is -2.34. The second-order valence-corrected chi connectivity index (χ2v) is 13.9. The molecule has 0 aromatic carbocycles. The van der Waals surface area contributed by atoms with Gasteiger partial charge in [0.1, 0.15) is 11.9 Å². The zero-order valence-corrected chi connectivity index (χ0v) is 27.5. The number of alkyl halides is 6. The van der Waals surface area contributed by atoms with Gasteiger partial charge in [0.05, 0.1) is 48.5 Å². The van der Waals surface area contributed by atoms with Crippen molar-refractivity contribution in [2.75, 3.05) is 25.1 Å². The van der Waals surface area contributed by atoms with Crippen LogP contribution in [0.25, 0.3) is 5.57 Å². The van der Waals surface area contributed by atoms with E-state index in [9.17, 15) is 41.0 Å². The molecule has 4 atom stereocenters. The van der Waals surface area contributed by atoms with Crippen LogP contribution in [0.4, 0.5) is 37.1 Å². The van der Waals surface area contributed by atoms with E-state index in [-0.39, 0.29) is 41.8 Å². The van der Waals surface area contributed by atoms with Crippen LogP contribution in [-0.2, 0) is 20.8 Å². The molecule has 1 aromatic heterocycles. The fourth-order valence-corrected chi connectivity index (χ4v) is 7.47. The molecule has 15 heteroatoms. The molecule has 49 heavy (non-hydrogen) atoms. The molecular formula is C34H38F6N4O5. The summed E-state index contributed by atoms with van der Waals surface area (Å²) < 4.78 is 92.5. The Kier molecular flexibility index (Phi) is 8.79. The average Bonchev–Trinajstić information content (AvgIpc) is 3.24. The van der Waals surface area contributed by atoms with E-state index >= 15 is 0 Å². The second kappa shape index (κ2) is 12.4. The van der Waals surface area contributed by atoms with E-state index in [1.54, 1.807) is 13.0 Å². The smallest absolute Gasteiger partial charge is 0.416 e. The number of cyclic esters (lactones) is 1. The maximum absolute atomic E-state index is 13.7. The van der Waals surface area contributed by atoms with Gasteiger partial charge in [0.15, 0.2) is 0 Å². The molecule has 0 spiro atoms. The Balaban J connectivity index is 1.32. The van der Waals surface area contributed by atoms with Gasteiger partial charge < -0.3 is 19.5 Å². The number of aromatic nitrogens is 2. The van der Waals surface area contributed by atoms with Crippen LogP contribution in [0.3, 0.4) is 0 Å². The lowest BCUT2D eigenvalue weighted by atomic mass is 9.58. The third kappa shape index (κ3) is 6.52. The first-order chi connectivity index (χ1) is 22.9. The van der Waals surface area contributed by atoms with Gasteiger partial charge in [0.25, 0.3) is 0 Å². The molecule has 1 N–H and O–H groups in total. The van der Waals surface area contributed by atoms with Crippen LogP contribution in [-0.4, -0.2) is 76.7 Å². The molecule has 2 aliphatic heterocycles. The number of hydrogen-bond donors (Lipinski definition) is 1. The van der Waals surface area contributed by atoms with Gasteiger partial charge in [0, 0.05) is 24.2 Å². The zero-order chi connectivity index (χ0) is 35.6. The average molecular weight is 697 g/mol. The molecule has 5 aliphatic rings. The van der Waals surface area contributed by atoms with E-state index in [1.165, 1.54) is 18.9 Å². The summed E-state index contributed by atoms with van der Waals surface area (Å²) in [5.41, 5.74) is -0.225. The summed E-state index contributed by atoms with van der Waals surface area (Å²) in [4.78, 5) is 38.1. The molecule has 0 radical (unpaired) electrons. The van der Waals surface area contributed by atoms with E-state index in [2.05, 4.69) is 0 Å². The predicted octanol–water partition coefficient (Wildman–Crippen LogP) is 7.14. The number of allylic oxidation sites excluding steroid dienone is 6. The van der Waals surface area contributed by atoms with Crippen LogP contribution < -0.4 is 4.90 Å². The van der Waals surface area contributed by atoms with Gasteiger partial charge in [0.2, 0.25) is 5.95 Å². The van der Waals surface area contributed by atoms with Crippen molar-refractivity contribution in [1.82, 2.24) is 14.9 Å². The van der Waals surface area contributed by atoms with Crippen molar-refractivity contribution in [2.24, 2.45) is 23.2 Å². The molecule has 0 bridgehead atoms. The first kappa shape index (κ1) is 34.8. The lowest BCUT2D eigenvalue weighted by Gasteiger charge is -2.46. The van der Waals surface area contributed by atoms with E-state index in [0.717, 1.165) is 6.42 Å². The normalized spacial score (nSPS) is 30.4. The maximum Gasteiger partial charge on any atom is 0.416 e. The number of carbonyl (C=O) groups is 2. The van der Waals surface area contributed by atoms with Crippen molar-refractivity contribution in [2.45, 2.75) is 83.9 Å². The molecule has 3 aliphatic carbocycles. The number of ether oxygens (including phenoxy) is 2. The minimum Gasteiger partial charge on any atom is -0.508 e. The van der Waals surface area contributed by atoms with Crippen LogP contribution in [0, 0.1) is 30.1 Å². The first-order valence-electron chi connectivity index (χ1n) is 16.2. The Morgan fingerprint density at radius 3 is 2.45 bits per heavy atom. The molecule has 2 unspecified atom stereocenters. The second-order valence-electron chi connectivity index (χ2n) is 13.9. The number of nitrogens with zero attached hydrogens (tertiary/aromatic N) is 4. The number of anilines is 1. The first-order valence-corrected chi connectivity index (χ1v) is 16.2. The van der Waals surface area contributed by atoms with E-state index < -0.39 is 53.9 Å². The number of methoxy groups -OCH3 is 1. The van der Waals surface area contributed by atoms with Gasteiger partial charge in [-0.1, -0.05) is 19.1 Å². The van der Waals surface area contributed by atoms with E-state index in [1.807, 2.05) is 17.9 Å². The topological polar surface area (TPSA) is 105 Å². The fraction of sp³-hybridized carbons (Fsp3) is 0.588. The quantitative estimate of drug-likeness (QED) is 0.237. The van der Waals surface area contributed by atoms with Crippen LogP contribution in [0.5, 0.6) is 0 Å². The molecule has 266 valence electrons. The monoisotopic (exact) mass is 696 g/mol. The standard InChI is InChI=1S/C34H38F6N4O5/c1-17-27(24-15-32(3,7-6-26(24)45)21-12-20(13-21)29(46)48-4)25(42-30(41-17)43-8-5-9-43)16-44-18(2)28(49-31(44)47)19-10-22(33(35,36)37)14-23(11-19)34(38,39)40/h6-7,10,14,18,20-21,23,28,45H,5,8-9,11-13,15-16H2,1-4H3/t18-,20?,21?,23?,28-,32?/m0/s1.